The maximum absolute atomic E-state index is 12.8. The SMILES string of the molecule is Cc1ccccc1[C@@H]1[C@@H](C(=O)NCCCc2ccccc2)OCC(=O)N1C. The lowest BCUT2D eigenvalue weighted by atomic mass is 9.94. The second-order valence-corrected chi connectivity index (χ2v) is 6.92. The zero-order chi connectivity index (χ0) is 19.2. The molecule has 1 heterocycles. The van der Waals surface area contributed by atoms with Crippen LogP contribution >= 0.6 is 0 Å². The Morgan fingerprint density at radius 1 is 1.15 bits per heavy atom. The minimum atomic E-state index is -0.703. The van der Waals surface area contributed by atoms with Gasteiger partial charge in [-0.1, -0.05) is 54.6 Å². The summed E-state index contributed by atoms with van der Waals surface area (Å²) >= 11 is 0. The number of nitrogens with zero attached hydrogens (tertiary/aromatic N) is 1. The Hall–Kier alpha value is -2.66. The van der Waals surface area contributed by atoms with Crippen molar-refractivity contribution >= 4 is 11.8 Å². The van der Waals surface area contributed by atoms with Gasteiger partial charge < -0.3 is 15.0 Å². The third-order valence-electron chi connectivity index (χ3n) is 5.03. The van der Waals surface area contributed by atoms with E-state index in [-0.39, 0.29) is 18.4 Å². The van der Waals surface area contributed by atoms with Crippen LogP contribution in [-0.2, 0) is 20.7 Å². The number of aryl methyl sites for hydroxylation is 2. The molecule has 5 heteroatoms. The fourth-order valence-electron chi connectivity index (χ4n) is 3.47. The van der Waals surface area contributed by atoms with Crippen molar-refractivity contribution in [3.63, 3.8) is 0 Å². The molecule has 0 bridgehead atoms. The molecule has 0 spiro atoms. The number of likely N-dealkylation sites (N-methyl/N-ethyl adjacent to an activating group) is 1. The second kappa shape index (κ2) is 8.82. The number of carbonyl (C=O) groups is 2. The fraction of sp³-hybridized carbons (Fsp3) is 0.364. The molecular formula is C22H26N2O3. The Morgan fingerprint density at radius 3 is 2.59 bits per heavy atom. The third kappa shape index (κ3) is 4.55. The van der Waals surface area contributed by atoms with Crippen molar-refractivity contribution in [3.05, 3.63) is 71.3 Å². The van der Waals surface area contributed by atoms with Crippen molar-refractivity contribution in [2.24, 2.45) is 0 Å². The van der Waals surface area contributed by atoms with Gasteiger partial charge in [0, 0.05) is 13.6 Å². The van der Waals surface area contributed by atoms with Crippen LogP contribution in [0.3, 0.4) is 0 Å². The predicted molar refractivity (Wildman–Crippen MR) is 104 cm³/mol. The van der Waals surface area contributed by atoms with Crippen LogP contribution in [0.1, 0.15) is 29.2 Å². The Kier molecular flexibility index (Phi) is 6.24. The van der Waals surface area contributed by atoms with Crippen LogP contribution < -0.4 is 5.32 Å². The Bertz CT molecular complexity index is 791. The van der Waals surface area contributed by atoms with Crippen molar-refractivity contribution < 1.29 is 14.3 Å². The first kappa shape index (κ1) is 19.1. The van der Waals surface area contributed by atoms with Crippen molar-refractivity contribution in [2.45, 2.75) is 31.9 Å². The molecule has 142 valence electrons. The van der Waals surface area contributed by atoms with E-state index in [4.69, 9.17) is 4.74 Å². The van der Waals surface area contributed by atoms with Gasteiger partial charge >= 0.3 is 0 Å². The first-order valence-corrected chi connectivity index (χ1v) is 9.32. The Balaban J connectivity index is 1.64. The molecule has 1 aliphatic rings. The van der Waals surface area contributed by atoms with Crippen LogP contribution in [0.2, 0.25) is 0 Å². The molecule has 2 atom stereocenters. The van der Waals surface area contributed by atoms with E-state index in [0.717, 1.165) is 24.0 Å². The Labute approximate surface area is 160 Å². The molecule has 0 aromatic heterocycles. The van der Waals surface area contributed by atoms with E-state index in [9.17, 15) is 9.59 Å². The topological polar surface area (TPSA) is 58.6 Å². The normalized spacial score (nSPS) is 19.8. The smallest absolute Gasteiger partial charge is 0.251 e. The summed E-state index contributed by atoms with van der Waals surface area (Å²) in [5.41, 5.74) is 3.23. The van der Waals surface area contributed by atoms with Gasteiger partial charge in [-0.15, -0.1) is 0 Å². The van der Waals surface area contributed by atoms with E-state index < -0.39 is 12.1 Å². The molecular weight excluding hydrogens is 340 g/mol. The summed E-state index contributed by atoms with van der Waals surface area (Å²) in [6.07, 6.45) is 1.06. The number of amides is 2. The van der Waals surface area contributed by atoms with Crippen molar-refractivity contribution in [1.29, 1.82) is 0 Å². The minimum Gasteiger partial charge on any atom is -0.356 e. The van der Waals surface area contributed by atoms with Crippen LogP contribution in [0, 0.1) is 6.92 Å². The zero-order valence-electron chi connectivity index (χ0n) is 15.9. The fourth-order valence-corrected chi connectivity index (χ4v) is 3.47. The number of benzene rings is 2. The van der Waals surface area contributed by atoms with Crippen molar-refractivity contribution in [2.75, 3.05) is 20.2 Å². The van der Waals surface area contributed by atoms with Gasteiger partial charge in [-0.25, -0.2) is 0 Å². The lowest BCUT2D eigenvalue weighted by molar-refractivity contribution is -0.162. The molecule has 2 aromatic rings. The number of rotatable bonds is 6. The number of hydrogen-bond donors (Lipinski definition) is 1. The van der Waals surface area contributed by atoms with Gasteiger partial charge in [0.1, 0.15) is 6.61 Å². The molecule has 0 radical (unpaired) electrons. The Morgan fingerprint density at radius 2 is 1.85 bits per heavy atom. The molecule has 2 amide bonds. The number of carbonyl (C=O) groups excluding carboxylic acids is 2. The summed E-state index contributed by atoms with van der Waals surface area (Å²) in [4.78, 5) is 26.6. The van der Waals surface area contributed by atoms with Gasteiger partial charge in [0.05, 0.1) is 6.04 Å². The summed E-state index contributed by atoms with van der Waals surface area (Å²) in [5.74, 6) is -0.285. The molecule has 5 nitrogen and oxygen atoms in total. The van der Waals surface area contributed by atoms with Crippen LogP contribution in [0.4, 0.5) is 0 Å². The van der Waals surface area contributed by atoms with Crippen LogP contribution in [0.25, 0.3) is 0 Å². The molecule has 0 saturated carbocycles. The monoisotopic (exact) mass is 366 g/mol. The van der Waals surface area contributed by atoms with E-state index in [1.807, 2.05) is 49.4 Å². The van der Waals surface area contributed by atoms with E-state index in [1.165, 1.54) is 5.56 Å². The van der Waals surface area contributed by atoms with Crippen molar-refractivity contribution in [1.82, 2.24) is 10.2 Å². The second-order valence-electron chi connectivity index (χ2n) is 6.92. The lowest BCUT2D eigenvalue weighted by Gasteiger charge is -2.38. The summed E-state index contributed by atoms with van der Waals surface area (Å²) in [5, 5.41) is 2.98. The average molecular weight is 366 g/mol. The van der Waals surface area contributed by atoms with E-state index in [2.05, 4.69) is 17.4 Å². The highest BCUT2D eigenvalue weighted by molar-refractivity contribution is 5.86. The van der Waals surface area contributed by atoms with E-state index >= 15 is 0 Å². The quantitative estimate of drug-likeness (QED) is 0.800. The van der Waals surface area contributed by atoms with Gasteiger partial charge in [-0.2, -0.15) is 0 Å². The summed E-state index contributed by atoms with van der Waals surface area (Å²) in [6, 6.07) is 17.6. The van der Waals surface area contributed by atoms with Crippen molar-refractivity contribution in [3.8, 4) is 0 Å². The lowest BCUT2D eigenvalue weighted by Crippen LogP contribution is -2.53. The first-order chi connectivity index (χ1) is 13.1. The highest BCUT2D eigenvalue weighted by atomic mass is 16.5. The van der Waals surface area contributed by atoms with Gasteiger partial charge in [-0.3, -0.25) is 9.59 Å². The highest BCUT2D eigenvalue weighted by Crippen LogP contribution is 2.31. The summed E-state index contributed by atoms with van der Waals surface area (Å²) in [7, 11) is 1.73. The number of nitrogens with one attached hydrogen (secondary N) is 1. The maximum atomic E-state index is 12.8. The predicted octanol–water partition coefficient (Wildman–Crippen LogP) is 2.64. The maximum Gasteiger partial charge on any atom is 0.251 e. The first-order valence-electron chi connectivity index (χ1n) is 9.32. The standard InChI is InChI=1S/C22H26N2O3/c1-16-9-6-7-13-18(16)20-21(27-15-19(25)24(20)2)22(26)23-14-8-12-17-10-4-3-5-11-17/h3-7,9-11,13,20-21H,8,12,14-15H2,1-2H3,(H,23,26)/t20-,21+/m1/s1. The average Bonchev–Trinajstić information content (AvgIpc) is 2.68. The molecule has 1 fully saturated rings. The summed E-state index contributed by atoms with van der Waals surface area (Å²) < 4.78 is 5.66. The largest absolute Gasteiger partial charge is 0.356 e. The molecule has 1 N–H and O–H groups in total. The minimum absolute atomic E-state index is 0.0685. The molecule has 27 heavy (non-hydrogen) atoms. The van der Waals surface area contributed by atoms with E-state index in [0.29, 0.717) is 6.54 Å². The molecule has 1 aliphatic heterocycles. The number of hydrogen-bond acceptors (Lipinski definition) is 3. The van der Waals surface area contributed by atoms with Gasteiger partial charge in [0.25, 0.3) is 5.91 Å². The third-order valence-corrected chi connectivity index (χ3v) is 5.03. The van der Waals surface area contributed by atoms with Crippen LogP contribution in [0.15, 0.2) is 54.6 Å². The number of morpholine rings is 1. The van der Waals surface area contributed by atoms with Crippen LogP contribution in [-0.4, -0.2) is 43.0 Å². The van der Waals surface area contributed by atoms with Gasteiger partial charge in [0.2, 0.25) is 5.91 Å². The van der Waals surface area contributed by atoms with Gasteiger partial charge in [-0.05, 0) is 36.5 Å². The molecule has 2 aromatic carbocycles. The van der Waals surface area contributed by atoms with E-state index in [1.54, 1.807) is 11.9 Å². The van der Waals surface area contributed by atoms with Gasteiger partial charge in [0.15, 0.2) is 6.10 Å². The van der Waals surface area contributed by atoms with Crippen LogP contribution in [0.5, 0.6) is 0 Å². The molecule has 3 rings (SSSR count). The molecule has 0 unspecified atom stereocenters. The molecule has 0 aliphatic carbocycles. The summed E-state index contributed by atoms with van der Waals surface area (Å²) in [6.45, 7) is 2.49. The molecule has 1 saturated heterocycles. The zero-order valence-corrected chi connectivity index (χ0v) is 15.9. The number of ether oxygens (including phenoxy) is 1. The highest BCUT2D eigenvalue weighted by Gasteiger charge is 2.40.